The number of aromatic amines is 1. The summed E-state index contributed by atoms with van der Waals surface area (Å²) in [6.07, 6.45) is 4.39. The van der Waals surface area contributed by atoms with Crippen molar-refractivity contribution in [2.24, 2.45) is 56.2 Å². The second-order valence-electron chi connectivity index (χ2n) is 20.2. The van der Waals surface area contributed by atoms with Gasteiger partial charge in [0.1, 0.15) is 42.3 Å². The summed E-state index contributed by atoms with van der Waals surface area (Å²) in [4.78, 5) is 135. The number of aliphatic carboxylic acids is 1. The van der Waals surface area contributed by atoms with Gasteiger partial charge in [-0.1, -0.05) is 69.3 Å². The molecule has 0 bridgehead atoms. The molecule has 446 valence electrons. The van der Waals surface area contributed by atoms with Crippen LogP contribution in [0.25, 0.3) is 10.9 Å². The Hall–Kier alpha value is -7.94. The largest absolute Gasteiger partial charge is 0.481 e. The average molecular weight is 1150 g/mol. The first-order valence-corrected chi connectivity index (χ1v) is 28.4. The number of nitrogens with zero attached hydrogens (tertiary/aromatic N) is 2. The lowest BCUT2D eigenvalue weighted by molar-refractivity contribution is -0.141. The molecule has 3 rings (SSSR count). The number of guanidine groups is 2. The van der Waals surface area contributed by atoms with Crippen molar-refractivity contribution < 1.29 is 48.3 Å². The van der Waals surface area contributed by atoms with Gasteiger partial charge in [0.15, 0.2) is 11.9 Å². The van der Waals surface area contributed by atoms with Crippen molar-refractivity contribution in [1.29, 1.82) is 0 Å². The molecule has 0 aliphatic rings. The summed E-state index contributed by atoms with van der Waals surface area (Å²) in [6.45, 7) is 5.39. The van der Waals surface area contributed by atoms with Crippen LogP contribution in [0.1, 0.15) is 96.1 Å². The molecule has 8 atom stereocenters. The number of fused-ring (bicyclic) bond motifs is 1. The van der Waals surface area contributed by atoms with E-state index in [1.165, 1.54) is 18.7 Å². The van der Waals surface area contributed by atoms with E-state index in [-0.39, 0.29) is 95.3 Å². The monoisotopic (exact) mass is 1150 g/mol. The van der Waals surface area contributed by atoms with Gasteiger partial charge in [0.05, 0.1) is 6.42 Å². The van der Waals surface area contributed by atoms with Crippen LogP contribution in [-0.2, 0) is 56.0 Å². The third-order valence-corrected chi connectivity index (χ3v) is 13.6. The molecule has 0 fully saturated rings. The van der Waals surface area contributed by atoms with Gasteiger partial charge in [0.2, 0.25) is 47.3 Å². The zero-order chi connectivity index (χ0) is 60.0. The molecule has 1 aromatic heterocycles. The van der Waals surface area contributed by atoms with Crippen LogP contribution in [0, 0.1) is 11.8 Å². The molecule has 21 N–H and O–H groups in total. The van der Waals surface area contributed by atoms with Gasteiger partial charge in [-0.3, -0.25) is 53.1 Å². The number of hydrogen-bond donors (Lipinski definition) is 15. The van der Waals surface area contributed by atoms with Crippen LogP contribution in [-0.4, -0.2) is 149 Å². The quantitative estimate of drug-likeness (QED) is 0.0185. The van der Waals surface area contributed by atoms with Crippen molar-refractivity contribution in [2.75, 3.05) is 31.6 Å². The van der Waals surface area contributed by atoms with Crippen LogP contribution in [0.15, 0.2) is 70.8 Å². The third-order valence-electron chi connectivity index (χ3n) is 12.9. The second-order valence-corrected chi connectivity index (χ2v) is 21.2. The van der Waals surface area contributed by atoms with E-state index in [9.17, 15) is 48.3 Å². The van der Waals surface area contributed by atoms with Gasteiger partial charge in [-0.25, -0.2) is 0 Å². The number of aliphatic imine (C=N–C) groups is 2. The van der Waals surface area contributed by atoms with Crippen LogP contribution in [0.5, 0.6) is 0 Å². The normalized spacial score (nSPS) is 14.0. The summed E-state index contributed by atoms with van der Waals surface area (Å²) in [6, 6.07) is 7.46. The number of carbonyl (C=O) groups is 9. The maximum atomic E-state index is 14.7. The number of carboxylic acid groups (broad SMARTS) is 1. The Kier molecular flexibility index (Phi) is 29.6. The molecule has 0 spiro atoms. The summed E-state index contributed by atoms with van der Waals surface area (Å²) < 4.78 is 0. The first-order chi connectivity index (χ1) is 38.5. The van der Waals surface area contributed by atoms with Gasteiger partial charge in [0, 0.05) is 48.9 Å². The zero-order valence-electron chi connectivity index (χ0n) is 46.7. The number of carbonyl (C=O) groups excluding carboxylic acids is 8. The van der Waals surface area contributed by atoms with Crippen molar-refractivity contribution in [3.8, 4) is 0 Å². The van der Waals surface area contributed by atoms with Gasteiger partial charge in [-0.2, -0.15) is 11.8 Å². The fourth-order valence-corrected chi connectivity index (χ4v) is 9.09. The second kappa shape index (κ2) is 35.6. The predicted octanol–water partition coefficient (Wildman–Crippen LogP) is -1.02. The molecular formula is C54H84N16O10S. The van der Waals surface area contributed by atoms with E-state index < -0.39 is 108 Å². The molecule has 27 heteroatoms. The Morgan fingerprint density at radius 3 is 1.52 bits per heavy atom. The maximum Gasteiger partial charge on any atom is 0.304 e. The molecule has 1 heterocycles. The van der Waals surface area contributed by atoms with E-state index in [4.69, 9.17) is 34.4 Å². The van der Waals surface area contributed by atoms with Crippen LogP contribution in [0.4, 0.5) is 0 Å². The molecule has 0 radical (unpaired) electrons. The Morgan fingerprint density at radius 2 is 1.01 bits per heavy atom. The number of benzene rings is 2. The molecule has 81 heavy (non-hydrogen) atoms. The van der Waals surface area contributed by atoms with Crippen molar-refractivity contribution in [3.63, 3.8) is 0 Å². The molecule has 0 saturated carbocycles. The lowest BCUT2D eigenvalue weighted by Gasteiger charge is -2.28. The number of unbranched alkanes of at least 4 members (excludes halogenated alkanes) is 1. The summed E-state index contributed by atoms with van der Waals surface area (Å²) in [7, 11) is 0. The number of aromatic nitrogens is 1. The van der Waals surface area contributed by atoms with Crippen LogP contribution >= 0.6 is 11.8 Å². The molecule has 26 nitrogen and oxygen atoms in total. The Morgan fingerprint density at radius 1 is 0.556 bits per heavy atom. The number of nitrogens with two attached hydrogens (primary N) is 6. The number of carboxylic acids is 1. The number of primary amides is 1. The van der Waals surface area contributed by atoms with Gasteiger partial charge in [-0.15, -0.1) is 0 Å². The minimum absolute atomic E-state index is 0.00160. The fourth-order valence-electron chi connectivity index (χ4n) is 8.62. The fraction of sp³-hybridized carbons (Fsp3) is 0.537. The molecule has 0 unspecified atom stereocenters. The van der Waals surface area contributed by atoms with Crippen molar-refractivity contribution in [3.05, 3.63) is 71.9 Å². The van der Waals surface area contributed by atoms with Crippen LogP contribution < -0.4 is 71.6 Å². The van der Waals surface area contributed by atoms with E-state index in [0.717, 1.165) is 16.5 Å². The maximum absolute atomic E-state index is 14.7. The van der Waals surface area contributed by atoms with Crippen LogP contribution in [0.2, 0.25) is 0 Å². The molecule has 2 aromatic carbocycles. The highest BCUT2D eigenvalue weighted by molar-refractivity contribution is 7.98. The first kappa shape index (κ1) is 67.3. The van der Waals surface area contributed by atoms with E-state index in [2.05, 4.69) is 52.2 Å². The predicted molar refractivity (Wildman–Crippen MR) is 311 cm³/mol. The third kappa shape index (κ3) is 25.0. The first-order valence-electron chi connectivity index (χ1n) is 27.1. The smallest absolute Gasteiger partial charge is 0.304 e. The van der Waals surface area contributed by atoms with Crippen LogP contribution in [0.3, 0.4) is 0 Å². The number of nitrogens with one attached hydrogen (secondary N) is 8. The topological polar surface area (TPSA) is 455 Å². The van der Waals surface area contributed by atoms with E-state index in [1.807, 2.05) is 36.6 Å². The molecule has 0 saturated heterocycles. The van der Waals surface area contributed by atoms with Gasteiger partial charge < -0.3 is 81.7 Å². The molecule has 3 aromatic rings. The number of hydrogen-bond acceptors (Lipinski definition) is 13. The average Bonchev–Trinajstić information content (AvgIpc) is 3.84. The lowest BCUT2D eigenvalue weighted by Crippen LogP contribution is -2.60. The summed E-state index contributed by atoms with van der Waals surface area (Å²) >= 11 is 1.43. The molecule has 0 aliphatic carbocycles. The minimum atomic E-state index is -1.36. The van der Waals surface area contributed by atoms with E-state index in [1.54, 1.807) is 44.3 Å². The Labute approximate surface area is 476 Å². The van der Waals surface area contributed by atoms with E-state index in [0.29, 0.717) is 24.2 Å². The molecular weight excluding hydrogens is 1060 g/mol. The summed E-state index contributed by atoms with van der Waals surface area (Å²) in [5.41, 5.74) is 35.9. The SMILES string of the molecule is CSCC[C@H](NC(=O)[C@H](Cc1c[nH]c2ccccc12)NC(=O)[C@H](CCCCN)NC(=O)[C@H](CCCN=C(N)N)NC(=O)[C@H](CC(C)C)NC(=O)[C@H](CCCN=C(N)N)NC(=O)[C@@H](C)CC(=O)O)C(=O)N[C@@H](Cc1ccccc1)C(N)=O. The van der Waals surface area contributed by atoms with Crippen molar-refractivity contribution in [1.82, 2.24) is 42.2 Å². The Balaban J connectivity index is 2.00. The van der Waals surface area contributed by atoms with Crippen molar-refractivity contribution >= 4 is 87.8 Å². The number of para-hydroxylation sites is 1. The van der Waals surface area contributed by atoms with E-state index >= 15 is 0 Å². The number of thioether (sulfide) groups is 1. The lowest BCUT2D eigenvalue weighted by atomic mass is 10.00. The number of amides is 8. The zero-order valence-corrected chi connectivity index (χ0v) is 47.5. The number of rotatable bonds is 38. The van der Waals surface area contributed by atoms with Gasteiger partial charge in [-0.05, 0) is 99.5 Å². The Bertz CT molecular complexity index is 2610. The minimum Gasteiger partial charge on any atom is -0.481 e. The molecule has 8 amide bonds. The molecule has 0 aliphatic heterocycles. The highest BCUT2D eigenvalue weighted by atomic mass is 32.2. The highest BCUT2D eigenvalue weighted by Gasteiger charge is 2.35. The number of H-pyrrole nitrogens is 1. The highest BCUT2D eigenvalue weighted by Crippen LogP contribution is 2.20. The summed E-state index contributed by atoms with van der Waals surface area (Å²) in [5, 5.41) is 29.2. The van der Waals surface area contributed by atoms with Gasteiger partial charge >= 0.3 is 5.97 Å². The van der Waals surface area contributed by atoms with Crippen molar-refractivity contribution in [2.45, 2.75) is 140 Å². The van der Waals surface area contributed by atoms with Gasteiger partial charge in [0.25, 0.3) is 0 Å². The summed E-state index contributed by atoms with van der Waals surface area (Å²) in [5.74, 6) is -8.47. The standard InChI is InChI=1S/C54H84N16O10S/c1-31(2)26-42(69-49(77)38(19-12-23-61-53(57)58)64-46(74)32(3)27-44(71)72)51(79)66-39(20-13-24-62-54(59)60)47(75)65-37(18-10-11-22-55)48(76)70-43(29-34-30-63-36-17-9-8-16-35(34)36)52(80)67-40(21-25-81-4)50(78)68-41(45(56)73)28-33-14-6-5-7-15-33/h5-9,14-17,30-32,37-43,63H,10-13,18-29,55H2,1-4H3,(H2,56,73)(H,64,74)(H,65,75)(H,66,79)(H,67,80)(H,68,78)(H,69,77)(H,70,76)(H,71,72)(H4,57,58,61)(H4,59,60,62)/t32-,37-,38-,39-,40-,41-,42-,43-/m0/s1.